The van der Waals surface area contributed by atoms with Gasteiger partial charge in [0.05, 0.1) is 0 Å². The van der Waals surface area contributed by atoms with E-state index in [1.807, 2.05) is 0 Å². The zero-order chi connectivity index (χ0) is 13.3. The third-order valence-electron chi connectivity index (χ3n) is 5.00. The van der Waals surface area contributed by atoms with Crippen LogP contribution in [0.25, 0.3) is 0 Å². The van der Waals surface area contributed by atoms with Crippen molar-refractivity contribution < 1.29 is 0 Å². The van der Waals surface area contributed by atoms with Crippen molar-refractivity contribution in [1.29, 1.82) is 0 Å². The maximum absolute atomic E-state index is 2.46. The summed E-state index contributed by atoms with van der Waals surface area (Å²) in [6, 6.07) is 2.41. The Hall–Kier alpha value is -0.780. The van der Waals surface area contributed by atoms with E-state index in [1.54, 1.807) is 22.3 Å². The molecule has 0 nitrogen and oxygen atoms in total. The Morgan fingerprint density at radius 1 is 1.17 bits per heavy atom. The highest BCUT2D eigenvalue weighted by molar-refractivity contribution is 5.48. The molecule has 0 saturated carbocycles. The van der Waals surface area contributed by atoms with Crippen LogP contribution in [-0.2, 0) is 6.42 Å². The van der Waals surface area contributed by atoms with E-state index in [9.17, 15) is 0 Å². The lowest BCUT2D eigenvalue weighted by molar-refractivity contribution is 0.373. The minimum atomic E-state index is 0.813. The van der Waals surface area contributed by atoms with Crippen molar-refractivity contribution in [2.45, 2.75) is 72.6 Å². The maximum atomic E-state index is 2.46. The topological polar surface area (TPSA) is 0 Å². The summed E-state index contributed by atoms with van der Waals surface area (Å²) in [7, 11) is 0. The van der Waals surface area contributed by atoms with Crippen molar-refractivity contribution in [2.24, 2.45) is 5.92 Å². The summed E-state index contributed by atoms with van der Waals surface area (Å²) in [5.74, 6) is 1.68. The smallest absolute Gasteiger partial charge is 0.0131 e. The Bertz CT molecular complexity index is 428. The lowest BCUT2D eigenvalue weighted by Crippen LogP contribution is -2.21. The fourth-order valence-electron chi connectivity index (χ4n) is 3.74. The molecule has 0 aromatic heterocycles. The fraction of sp³-hybridized carbons (Fsp3) is 0.667. The van der Waals surface area contributed by atoms with Crippen LogP contribution in [0.5, 0.6) is 0 Å². The molecule has 2 rings (SSSR count). The number of benzene rings is 1. The van der Waals surface area contributed by atoms with E-state index in [2.05, 4.69) is 40.7 Å². The molecule has 18 heavy (non-hydrogen) atoms. The van der Waals surface area contributed by atoms with Gasteiger partial charge < -0.3 is 0 Å². The molecule has 0 saturated heterocycles. The summed E-state index contributed by atoms with van der Waals surface area (Å²) >= 11 is 0. The van der Waals surface area contributed by atoms with E-state index in [1.165, 1.54) is 37.7 Å². The van der Waals surface area contributed by atoms with Crippen molar-refractivity contribution in [2.75, 3.05) is 0 Å². The van der Waals surface area contributed by atoms with E-state index in [-0.39, 0.29) is 0 Å². The zero-order valence-corrected chi connectivity index (χ0v) is 12.8. The SMILES string of the molecule is CCCCC1c2c(C)cc(C)c(C)c2CCC1C. The summed E-state index contributed by atoms with van der Waals surface area (Å²) in [6.45, 7) is 11.7. The molecule has 0 N–H and O–H groups in total. The van der Waals surface area contributed by atoms with Gasteiger partial charge in [0, 0.05) is 0 Å². The van der Waals surface area contributed by atoms with Gasteiger partial charge in [-0.05, 0) is 79.7 Å². The molecular formula is C18H28. The van der Waals surface area contributed by atoms with Gasteiger partial charge in [0.25, 0.3) is 0 Å². The molecule has 0 heterocycles. The Morgan fingerprint density at radius 3 is 2.56 bits per heavy atom. The first kappa shape index (κ1) is 13.6. The van der Waals surface area contributed by atoms with Crippen LogP contribution in [0.1, 0.15) is 73.3 Å². The standard InChI is InChI=1S/C18H28/c1-6-7-8-16-12(2)9-10-17-15(5)13(3)11-14(4)18(16)17/h11-12,16H,6-10H2,1-5H3. The molecule has 1 aliphatic carbocycles. The number of unbranched alkanes of at least 4 members (excludes halogenated alkanes) is 1. The van der Waals surface area contributed by atoms with Crippen molar-refractivity contribution in [3.05, 3.63) is 33.9 Å². The molecule has 0 spiro atoms. The summed E-state index contributed by atoms with van der Waals surface area (Å²) in [4.78, 5) is 0. The molecule has 0 aliphatic heterocycles. The van der Waals surface area contributed by atoms with E-state index in [0.717, 1.165) is 11.8 Å². The summed E-state index contributed by atoms with van der Waals surface area (Å²) in [5.41, 5.74) is 7.98. The molecule has 2 unspecified atom stereocenters. The van der Waals surface area contributed by atoms with Crippen molar-refractivity contribution in [1.82, 2.24) is 0 Å². The van der Waals surface area contributed by atoms with E-state index in [4.69, 9.17) is 0 Å². The Balaban J connectivity index is 2.45. The lowest BCUT2D eigenvalue weighted by atomic mass is 9.70. The third kappa shape index (κ3) is 2.35. The highest BCUT2D eigenvalue weighted by Crippen LogP contribution is 2.42. The second kappa shape index (κ2) is 5.47. The predicted octanol–water partition coefficient (Wildman–Crippen LogP) is 5.47. The van der Waals surface area contributed by atoms with Gasteiger partial charge in [0.1, 0.15) is 0 Å². The molecule has 1 aliphatic rings. The molecule has 1 aromatic carbocycles. The van der Waals surface area contributed by atoms with Crippen LogP contribution in [0, 0.1) is 26.7 Å². The molecule has 0 fully saturated rings. The van der Waals surface area contributed by atoms with E-state index >= 15 is 0 Å². The van der Waals surface area contributed by atoms with Crippen LogP contribution in [0.2, 0.25) is 0 Å². The molecule has 0 bridgehead atoms. The predicted molar refractivity (Wildman–Crippen MR) is 80.4 cm³/mol. The van der Waals surface area contributed by atoms with Crippen molar-refractivity contribution in [3.8, 4) is 0 Å². The van der Waals surface area contributed by atoms with Crippen LogP contribution in [0.15, 0.2) is 6.07 Å². The summed E-state index contributed by atoms with van der Waals surface area (Å²) in [5, 5.41) is 0. The first-order chi connectivity index (χ1) is 8.56. The molecule has 0 amide bonds. The van der Waals surface area contributed by atoms with Crippen LogP contribution >= 0.6 is 0 Å². The van der Waals surface area contributed by atoms with Gasteiger partial charge >= 0.3 is 0 Å². The van der Waals surface area contributed by atoms with Crippen molar-refractivity contribution >= 4 is 0 Å². The maximum Gasteiger partial charge on any atom is -0.0131 e. The number of hydrogen-bond acceptors (Lipinski definition) is 0. The highest BCUT2D eigenvalue weighted by Gasteiger charge is 2.28. The molecule has 0 heteroatoms. The number of fused-ring (bicyclic) bond motifs is 1. The first-order valence-corrected chi connectivity index (χ1v) is 7.65. The quantitative estimate of drug-likeness (QED) is 0.661. The fourth-order valence-corrected chi connectivity index (χ4v) is 3.74. The summed E-state index contributed by atoms with van der Waals surface area (Å²) in [6.07, 6.45) is 6.76. The van der Waals surface area contributed by atoms with E-state index < -0.39 is 0 Å². The average Bonchev–Trinajstić information content (AvgIpc) is 2.34. The third-order valence-corrected chi connectivity index (χ3v) is 5.00. The van der Waals surface area contributed by atoms with E-state index in [0.29, 0.717) is 0 Å². The Labute approximate surface area is 113 Å². The zero-order valence-electron chi connectivity index (χ0n) is 12.8. The molecular weight excluding hydrogens is 216 g/mol. The molecule has 100 valence electrons. The van der Waals surface area contributed by atoms with Crippen LogP contribution in [-0.4, -0.2) is 0 Å². The van der Waals surface area contributed by atoms with Gasteiger partial charge in [-0.15, -0.1) is 0 Å². The monoisotopic (exact) mass is 244 g/mol. The summed E-state index contributed by atoms with van der Waals surface area (Å²) < 4.78 is 0. The van der Waals surface area contributed by atoms with Crippen molar-refractivity contribution in [3.63, 3.8) is 0 Å². The minimum Gasteiger partial charge on any atom is -0.0654 e. The average molecular weight is 244 g/mol. The highest BCUT2D eigenvalue weighted by atomic mass is 14.3. The second-order valence-corrected chi connectivity index (χ2v) is 6.29. The Morgan fingerprint density at radius 2 is 1.89 bits per heavy atom. The van der Waals surface area contributed by atoms with Crippen LogP contribution < -0.4 is 0 Å². The van der Waals surface area contributed by atoms with Gasteiger partial charge in [-0.3, -0.25) is 0 Å². The second-order valence-electron chi connectivity index (χ2n) is 6.29. The van der Waals surface area contributed by atoms with Crippen LogP contribution in [0.3, 0.4) is 0 Å². The first-order valence-electron chi connectivity index (χ1n) is 7.65. The minimum absolute atomic E-state index is 0.813. The normalized spacial score (nSPS) is 22.9. The number of aryl methyl sites for hydroxylation is 2. The van der Waals surface area contributed by atoms with Gasteiger partial charge in [0.15, 0.2) is 0 Å². The van der Waals surface area contributed by atoms with Gasteiger partial charge in [0.2, 0.25) is 0 Å². The van der Waals surface area contributed by atoms with Gasteiger partial charge in [-0.2, -0.15) is 0 Å². The molecule has 2 atom stereocenters. The van der Waals surface area contributed by atoms with Gasteiger partial charge in [-0.1, -0.05) is 32.8 Å². The van der Waals surface area contributed by atoms with Gasteiger partial charge in [-0.25, -0.2) is 0 Å². The number of rotatable bonds is 3. The molecule has 1 aromatic rings. The molecule has 0 radical (unpaired) electrons. The number of hydrogen-bond donors (Lipinski definition) is 0. The largest absolute Gasteiger partial charge is 0.0654 e. The van der Waals surface area contributed by atoms with Crippen LogP contribution in [0.4, 0.5) is 0 Å². The lowest BCUT2D eigenvalue weighted by Gasteiger charge is -2.34. The Kier molecular flexibility index (Phi) is 4.14.